The zero-order valence-corrected chi connectivity index (χ0v) is 10.4. The van der Waals surface area contributed by atoms with Crippen molar-refractivity contribution in [1.29, 1.82) is 0 Å². The molecule has 1 aromatic heterocycles. The summed E-state index contributed by atoms with van der Waals surface area (Å²) in [5, 5.41) is 23.8. The van der Waals surface area contributed by atoms with E-state index in [1.165, 1.54) is 0 Å². The van der Waals surface area contributed by atoms with E-state index in [-0.39, 0.29) is 6.23 Å². The Labute approximate surface area is 106 Å². The van der Waals surface area contributed by atoms with Gasteiger partial charge in [0.2, 0.25) is 0 Å². The molecule has 0 aliphatic carbocycles. The highest BCUT2D eigenvalue weighted by Crippen LogP contribution is 2.24. The molecule has 0 aromatic carbocycles. The van der Waals surface area contributed by atoms with Crippen LogP contribution in [0.15, 0.2) is 12.4 Å². The van der Waals surface area contributed by atoms with E-state index in [1.54, 1.807) is 17.1 Å². The zero-order valence-electron chi connectivity index (χ0n) is 10.4. The molecule has 0 bridgehead atoms. The Bertz CT molecular complexity index is 363. The lowest BCUT2D eigenvalue weighted by Crippen LogP contribution is -2.21. The van der Waals surface area contributed by atoms with Crippen molar-refractivity contribution >= 4 is 0 Å². The van der Waals surface area contributed by atoms with Crippen LogP contribution in [0.5, 0.6) is 0 Å². The molecule has 2 heterocycles. The smallest absolute Gasteiger partial charge is 0.150 e. The van der Waals surface area contributed by atoms with Crippen molar-refractivity contribution in [2.45, 2.75) is 44.1 Å². The van der Waals surface area contributed by atoms with Crippen molar-refractivity contribution in [1.82, 2.24) is 9.78 Å². The van der Waals surface area contributed by atoms with Gasteiger partial charge in [-0.2, -0.15) is 5.10 Å². The summed E-state index contributed by atoms with van der Waals surface area (Å²) in [6.45, 7) is 1.09. The van der Waals surface area contributed by atoms with E-state index in [0.717, 1.165) is 25.9 Å². The number of ether oxygens (including phenoxy) is 1. The molecule has 6 nitrogen and oxygen atoms in total. The number of aliphatic hydroxyl groups is 2. The maximum atomic E-state index is 9.93. The maximum absolute atomic E-state index is 9.93. The summed E-state index contributed by atoms with van der Waals surface area (Å²) in [4.78, 5) is 0. The largest absolute Gasteiger partial charge is 0.390 e. The summed E-state index contributed by atoms with van der Waals surface area (Å²) in [5.74, 6) is 0. The van der Waals surface area contributed by atoms with Crippen molar-refractivity contribution in [2.75, 3.05) is 13.2 Å². The number of aromatic nitrogens is 2. The minimum atomic E-state index is -0.939. The lowest BCUT2D eigenvalue weighted by atomic mass is 10.1. The summed E-state index contributed by atoms with van der Waals surface area (Å²) < 4.78 is 7.32. The van der Waals surface area contributed by atoms with Gasteiger partial charge in [-0.1, -0.05) is 0 Å². The normalized spacial score (nSPS) is 23.8. The SMILES string of the molecule is NCCC(O)C(O)c1cnn([C@@H]2CCCCO2)c1. The minimum Gasteiger partial charge on any atom is -0.390 e. The fourth-order valence-corrected chi connectivity index (χ4v) is 2.15. The van der Waals surface area contributed by atoms with E-state index in [0.29, 0.717) is 18.5 Å². The number of aliphatic hydroxyl groups excluding tert-OH is 2. The molecule has 1 aromatic rings. The number of rotatable bonds is 5. The van der Waals surface area contributed by atoms with Crippen LogP contribution in [0.2, 0.25) is 0 Å². The molecule has 0 amide bonds. The first-order valence-electron chi connectivity index (χ1n) is 6.44. The molecule has 4 N–H and O–H groups in total. The van der Waals surface area contributed by atoms with Crippen molar-refractivity contribution in [3.8, 4) is 0 Å². The van der Waals surface area contributed by atoms with E-state index >= 15 is 0 Å². The molecule has 1 aliphatic rings. The molecule has 2 unspecified atom stereocenters. The summed E-state index contributed by atoms with van der Waals surface area (Å²) in [6.07, 6.45) is 4.98. The highest BCUT2D eigenvalue weighted by atomic mass is 16.5. The average Bonchev–Trinajstić information content (AvgIpc) is 2.89. The van der Waals surface area contributed by atoms with Crippen LogP contribution in [0.25, 0.3) is 0 Å². The second kappa shape index (κ2) is 6.29. The van der Waals surface area contributed by atoms with Crippen LogP contribution < -0.4 is 5.73 Å². The Kier molecular flexibility index (Phi) is 4.71. The van der Waals surface area contributed by atoms with Gasteiger partial charge in [-0.15, -0.1) is 0 Å². The second-order valence-corrected chi connectivity index (χ2v) is 4.66. The lowest BCUT2D eigenvalue weighted by molar-refractivity contribution is -0.0398. The van der Waals surface area contributed by atoms with E-state index in [2.05, 4.69) is 5.10 Å². The molecule has 1 aliphatic heterocycles. The lowest BCUT2D eigenvalue weighted by Gasteiger charge is -2.22. The highest BCUT2D eigenvalue weighted by Gasteiger charge is 2.22. The van der Waals surface area contributed by atoms with Crippen LogP contribution in [0.1, 0.15) is 43.6 Å². The Morgan fingerprint density at radius 3 is 3.00 bits per heavy atom. The van der Waals surface area contributed by atoms with Gasteiger partial charge in [0, 0.05) is 18.4 Å². The first kappa shape index (κ1) is 13.5. The molecule has 18 heavy (non-hydrogen) atoms. The topological polar surface area (TPSA) is 93.5 Å². The number of nitrogens with two attached hydrogens (primary N) is 1. The number of nitrogens with zero attached hydrogens (tertiary/aromatic N) is 2. The standard InChI is InChI=1S/C12H21N3O3/c13-5-4-10(16)12(17)9-7-14-15(8-9)11-3-1-2-6-18-11/h7-8,10-12,16-17H,1-6,13H2/t10?,11-,12?/m0/s1. The minimum absolute atomic E-state index is 0.0497. The number of hydrogen-bond donors (Lipinski definition) is 3. The van der Waals surface area contributed by atoms with Gasteiger partial charge >= 0.3 is 0 Å². The predicted octanol–water partition coefficient (Wildman–Crippen LogP) is 0.325. The molecule has 102 valence electrons. The third kappa shape index (κ3) is 3.08. The Balaban J connectivity index is 2.00. The Morgan fingerprint density at radius 2 is 2.33 bits per heavy atom. The first-order chi connectivity index (χ1) is 8.72. The molecule has 1 fully saturated rings. The van der Waals surface area contributed by atoms with E-state index < -0.39 is 12.2 Å². The van der Waals surface area contributed by atoms with Crippen LogP contribution in [0.4, 0.5) is 0 Å². The second-order valence-electron chi connectivity index (χ2n) is 4.66. The van der Waals surface area contributed by atoms with Crippen LogP contribution in [-0.4, -0.2) is 39.2 Å². The molecule has 0 spiro atoms. The van der Waals surface area contributed by atoms with Gasteiger partial charge in [0.05, 0.1) is 12.3 Å². The summed E-state index contributed by atoms with van der Waals surface area (Å²) in [5.41, 5.74) is 5.96. The Hall–Kier alpha value is -0.950. The van der Waals surface area contributed by atoms with Gasteiger partial charge in [0.25, 0.3) is 0 Å². The van der Waals surface area contributed by atoms with Crippen molar-refractivity contribution in [3.63, 3.8) is 0 Å². The highest BCUT2D eigenvalue weighted by molar-refractivity contribution is 5.10. The monoisotopic (exact) mass is 255 g/mol. The summed E-state index contributed by atoms with van der Waals surface area (Å²) in [7, 11) is 0. The van der Waals surface area contributed by atoms with Crippen LogP contribution >= 0.6 is 0 Å². The first-order valence-corrected chi connectivity index (χ1v) is 6.44. The summed E-state index contributed by atoms with van der Waals surface area (Å²) >= 11 is 0. The van der Waals surface area contributed by atoms with Gasteiger partial charge in [0.1, 0.15) is 12.3 Å². The summed E-state index contributed by atoms with van der Waals surface area (Å²) in [6, 6.07) is 0. The van der Waals surface area contributed by atoms with Gasteiger partial charge in [0.15, 0.2) is 0 Å². The molecular formula is C12H21N3O3. The van der Waals surface area contributed by atoms with E-state index in [4.69, 9.17) is 10.5 Å². The fourth-order valence-electron chi connectivity index (χ4n) is 2.15. The van der Waals surface area contributed by atoms with E-state index in [1.807, 2.05) is 0 Å². The van der Waals surface area contributed by atoms with Crippen molar-refractivity contribution in [2.24, 2.45) is 5.73 Å². The molecule has 1 saturated heterocycles. The van der Waals surface area contributed by atoms with Crippen molar-refractivity contribution in [3.05, 3.63) is 18.0 Å². The van der Waals surface area contributed by atoms with Gasteiger partial charge in [-0.3, -0.25) is 0 Å². The van der Waals surface area contributed by atoms with Crippen molar-refractivity contribution < 1.29 is 14.9 Å². The zero-order chi connectivity index (χ0) is 13.0. The van der Waals surface area contributed by atoms with Gasteiger partial charge in [-0.05, 0) is 32.2 Å². The van der Waals surface area contributed by atoms with Gasteiger partial charge in [-0.25, -0.2) is 4.68 Å². The Morgan fingerprint density at radius 1 is 1.50 bits per heavy atom. The maximum Gasteiger partial charge on any atom is 0.150 e. The molecular weight excluding hydrogens is 234 g/mol. The third-order valence-corrected chi connectivity index (χ3v) is 3.24. The quantitative estimate of drug-likeness (QED) is 0.704. The van der Waals surface area contributed by atoms with E-state index in [9.17, 15) is 10.2 Å². The van der Waals surface area contributed by atoms with Gasteiger partial charge < -0.3 is 20.7 Å². The molecule has 2 rings (SSSR count). The van der Waals surface area contributed by atoms with Crippen LogP contribution in [0.3, 0.4) is 0 Å². The average molecular weight is 255 g/mol. The fraction of sp³-hybridized carbons (Fsp3) is 0.750. The van der Waals surface area contributed by atoms with Crippen LogP contribution in [-0.2, 0) is 4.74 Å². The third-order valence-electron chi connectivity index (χ3n) is 3.24. The molecule has 0 radical (unpaired) electrons. The number of hydrogen-bond acceptors (Lipinski definition) is 5. The molecule has 0 saturated carbocycles. The molecule has 6 heteroatoms. The van der Waals surface area contributed by atoms with Crippen LogP contribution in [0, 0.1) is 0 Å². The predicted molar refractivity (Wildman–Crippen MR) is 65.7 cm³/mol. The molecule has 3 atom stereocenters.